The second-order valence-electron chi connectivity index (χ2n) is 6.54. The summed E-state index contributed by atoms with van der Waals surface area (Å²) in [5, 5.41) is 3.00. The highest BCUT2D eigenvalue weighted by Crippen LogP contribution is 2.31. The molecule has 0 saturated carbocycles. The maximum absolute atomic E-state index is 12.5. The van der Waals surface area contributed by atoms with E-state index in [1.54, 1.807) is 7.11 Å². The standard InChI is InChI=1S/C18H28N2O4.ClH/c1-12(2)24-15-6-5-14(11-16(15)22-4)13(3)20-17(21)18(19)7-9-23-10-8-18;/h5-6,11-13H,7-10,19H2,1-4H3,(H,20,21);1H. The highest BCUT2D eigenvalue weighted by atomic mass is 35.5. The Morgan fingerprint density at radius 3 is 2.44 bits per heavy atom. The van der Waals surface area contributed by atoms with Crippen LogP contribution in [0, 0.1) is 0 Å². The van der Waals surface area contributed by atoms with Gasteiger partial charge in [-0.1, -0.05) is 6.07 Å². The van der Waals surface area contributed by atoms with Crippen molar-refractivity contribution in [3.8, 4) is 11.5 Å². The van der Waals surface area contributed by atoms with Gasteiger partial charge in [-0.2, -0.15) is 0 Å². The Bertz CT molecular complexity index is 574. The smallest absolute Gasteiger partial charge is 0.240 e. The first kappa shape index (κ1) is 21.5. The van der Waals surface area contributed by atoms with Crippen LogP contribution in [0.25, 0.3) is 0 Å². The molecule has 0 bridgehead atoms. The molecule has 0 spiro atoms. The monoisotopic (exact) mass is 372 g/mol. The first-order chi connectivity index (χ1) is 11.4. The fraction of sp³-hybridized carbons (Fsp3) is 0.611. The van der Waals surface area contributed by atoms with Gasteiger partial charge < -0.3 is 25.3 Å². The Morgan fingerprint density at radius 2 is 1.88 bits per heavy atom. The fourth-order valence-corrected chi connectivity index (χ4v) is 2.69. The molecular weight excluding hydrogens is 344 g/mol. The van der Waals surface area contributed by atoms with E-state index in [9.17, 15) is 4.79 Å². The van der Waals surface area contributed by atoms with E-state index >= 15 is 0 Å². The lowest BCUT2D eigenvalue weighted by atomic mass is 9.90. The number of methoxy groups -OCH3 is 1. The molecule has 0 aliphatic carbocycles. The van der Waals surface area contributed by atoms with Crippen molar-refractivity contribution in [2.24, 2.45) is 5.73 Å². The van der Waals surface area contributed by atoms with Crippen LogP contribution in [-0.4, -0.2) is 37.9 Å². The number of ether oxygens (including phenoxy) is 3. The second kappa shape index (κ2) is 9.27. The molecule has 1 fully saturated rings. The first-order valence-corrected chi connectivity index (χ1v) is 8.38. The zero-order valence-electron chi connectivity index (χ0n) is 15.3. The number of hydrogen-bond acceptors (Lipinski definition) is 5. The van der Waals surface area contributed by atoms with E-state index in [4.69, 9.17) is 19.9 Å². The Balaban J connectivity index is 0.00000312. The molecule has 1 saturated heterocycles. The maximum atomic E-state index is 12.5. The molecule has 1 aliphatic heterocycles. The Hall–Kier alpha value is -1.50. The summed E-state index contributed by atoms with van der Waals surface area (Å²) in [6.45, 7) is 6.90. The molecule has 3 N–H and O–H groups in total. The van der Waals surface area contributed by atoms with E-state index in [1.165, 1.54) is 0 Å². The van der Waals surface area contributed by atoms with E-state index in [-0.39, 0.29) is 30.5 Å². The van der Waals surface area contributed by atoms with Gasteiger partial charge in [-0.15, -0.1) is 12.4 Å². The van der Waals surface area contributed by atoms with Gasteiger partial charge in [-0.3, -0.25) is 4.79 Å². The fourth-order valence-electron chi connectivity index (χ4n) is 2.69. The molecule has 6 nitrogen and oxygen atoms in total. The largest absolute Gasteiger partial charge is 0.493 e. The van der Waals surface area contributed by atoms with Crippen molar-refractivity contribution >= 4 is 18.3 Å². The second-order valence-corrected chi connectivity index (χ2v) is 6.54. The predicted octanol–water partition coefficient (Wildman–Crippen LogP) is 2.59. The summed E-state index contributed by atoms with van der Waals surface area (Å²) in [4.78, 5) is 12.5. The van der Waals surface area contributed by atoms with Crippen molar-refractivity contribution in [3.05, 3.63) is 23.8 Å². The minimum Gasteiger partial charge on any atom is -0.493 e. The number of carbonyl (C=O) groups excluding carboxylic acids is 1. The molecule has 1 aliphatic rings. The topological polar surface area (TPSA) is 82.8 Å². The van der Waals surface area contributed by atoms with Crippen LogP contribution < -0.4 is 20.5 Å². The molecule has 1 atom stereocenters. The Morgan fingerprint density at radius 1 is 1.24 bits per heavy atom. The van der Waals surface area contributed by atoms with Crippen molar-refractivity contribution in [1.29, 1.82) is 0 Å². The van der Waals surface area contributed by atoms with Gasteiger partial charge in [0.05, 0.1) is 24.8 Å². The molecule has 142 valence electrons. The number of carbonyl (C=O) groups is 1. The average Bonchev–Trinajstić information content (AvgIpc) is 2.55. The van der Waals surface area contributed by atoms with Crippen LogP contribution in [0.3, 0.4) is 0 Å². The van der Waals surface area contributed by atoms with Gasteiger partial charge in [0.25, 0.3) is 0 Å². The normalized spacial score (nSPS) is 17.4. The molecule has 1 aromatic carbocycles. The summed E-state index contributed by atoms with van der Waals surface area (Å²) in [6.07, 6.45) is 1.14. The van der Waals surface area contributed by atoms with Gasteiger partial charge in [-0.05, 0) is 51.3 Å². The molecule has 1 unspecified atom stereocenters. The van der Waals surface area contributed by atoms with E-state index in [1.807, 2.05) is 39.0 Å². The summed E-state index contributed by atoms with van der Waals surface area (Å²) >= 11 is 0. The predicted molar refractivity (Wildman–Crippen MR) is 99.5 cm³/mol. The first-order valence-electron chi connectivity index (χ1n) is 8.38. The van der Waals surface area contributed by atoms with Gasteiger partial charge in [-0.25, -0.2) is 0 Å². The van der Waals surface area contributed by atoms with E-state index in [2.05, 4.69) is 5.32 Å². The van der Waals surface area contributed by atoms with E-state index in [0.29, 0.717) is 37.6 Å². The van der Waals surface area contributed by atoms with Crippen LogP contribution in [0.15, 0.2) is 18.2 Å². The Kier molecular flexibility index (Phi) is 7.99. The van der Waals surface area contributed by atoms with E-state index < -0.39 is 5.54 Å². The highest BCUT2D eigenvalue weighted by Gasteiger charge is 2.36. The molecule has 1 aromatic rings. The third kappa shape index (κ3) is 5.49. The summed E-state index contributed by atoms with van der Waals surface area (Å²) < 4.78 is 16.4. The van der Waals surface area contributed by atoms with Gasteiger partial charge in [0.1, 0.15) is 0 Å². The van der Waals surface area contributed by atoms with Crippen molar-refractivity contribution in [2.45, 2.75) is 51.3 Å². The van der Waals surface area contributed by atoms with E-state index in [0.717, 1.165) is 5.56 Å². The van der Waals surface area contributed by atoms with Crippen LogP contribution in [-0.2, 0) is 9.53 Å². The lowest BCUT2D eigenvalue weighted by Crippen LogP contribution is -2.57. The zero-order chi connectivity index (χ0) is 17.7. The van der Waals surface area contributed by atoms with Gasteiger partial charge in [0, 0.05) is 13.2 Å². The lowest BCUT2D eigenvalue weighted by Gasteiger charge is -2.33. The number of nitrogens with two attached hydrogens (primary N) is 1. The number of benzene rings is 1. The third-order valence-electron chi connectivity index (χ3n) is 4.24. The van der Waals surface area contributed by atoms with Crippen LogP contribution in [0.2, 0.25) is 0 Å². The molecule has 2 rings (SSSR count). The average molecular weight is 373 g/mol. The molecule has 0 aromatic heterocycles. The van der Waals surface area contributed by atoms with Gasteiger partial charge in [0.15, 0.2) is 11.5 Å². The summed E-state index contributed by atoms with van der Waals surface area (Å²) in [6, 6.07) is 5.50. The molecule has 0 radical (unpaired) electrons. The summed E-state index contributed by atoms with van der Waals surface area (Å²) in [7, 11) is 1.60. The molecule has 25 heavy (non-hydrogen) atoms. The number of rotatable bonds is 6. The highest BCUT2D eigenvalue weighted by molar-refractivity contribution is 5.86. The lowest BCUT2D eigenvalue weighted by molar-refractivity contribution is -0.130. The number of nitrogens with one attached hydrogen (secondary N) is 1. The summed E-state index contributed by atoms with van der Waals surface area (Å²) in [5.74, 6) is 1.20. The number of amides is 1. The maximum Gasteiger partial charge on any atom is 0.240 e. The zero-order valence-corrected chi connectivity index (χ0v) is 16.2. The SMILES string of the molecule is COc1cc(C(C)NC(=O)C2(N)CCOCC2)ccc1OC(C)C.Cl. The molecular formula is C18H29ClN2O4. The number of hydrogen-bond donors (Lipinski definition) is 2. The van der Waals surface area contributed by atoms with Gasteiger partial charge >= 0.3 is 0 Å². The van der Waals surface area contributed by atoms with Crippen LogP contribution in [0.5, 0.6) is 11.5 Å². The molecule has 7 heteroatoms. The van der Waals surface area contributed by atoms with Crippen molar-refractivity contribution in [3.63, 3.8) is 0 Å². The van der Waals surface area contributed by atoms with Crippen molar-refractivity contribution in [1.82, 2.24) is 5.32 Å². The van der Waals surface area contributed by atoms with Crippen molar-refractivity contribution in [2.75, 3.05) is 20.3 Å². The van der Waals surface area contributed by atoms with Crippen LogP contribution in [0.4, 0.5) is 0 Å². The number of halogens is 1. The minimum atomic E-state index is -0.850. The minimum absolute atomic E-state index is 0. The molecule has 1 amide bonds. The van der Waals surface area contributed by atoms with Crippen LogP contribution >= 0.6 is 12.4 Å². The van der Waals surface area contributed by atoms with Crippen molar-refractivity contribution < 1.29 is 19.0 Å². The third-order valence-corrected chi connectivity index (χ3v) is 4.24. The van der Waals surface area contributed by atoms with Gasteiger partial charge in [0.2, 0.25) is 5.91 Å². The summed E-state index contributed by atoms with van der Waals surface area (Å²) in [5.41, 5.74) is 6.31. The quantitative estimate of drug-likeness (QED) is 0.801. The van der Waals surface area contributed by atoms with Crippen LogP contribution in [0.1, 0.15) is 45.2 Å². The molecule has 1 heterocycles. The Labute approximate surface area is 155 Å².